The summed E-state index contributed by atoms with van der Waals surface area (Å²) in [5.74, 6) is -0.166. The summed E-state index contributed by atoms with van der Waals surface area (Å²) in [6.45, 7) is 8.06. The third kappa shape index (κ3) is 17.4. The van der Waals surface area contributed by atoms with Crippen molar-refractivity contribution in [1.29, 1.82) is 0 Å². The van der Waals surface area contributed by atoms with Crippen LogP contribution in [-0.4, -0.2) is 80.8 Å². The summed E-state index contributed by atoms with van der Waals surface area (Å²) in [6, 6.07) is 15.9. The minimum atomic E-state index is -1.45. The zero-order valence-corrected chi connectivity index (χ0v) is 30.4. The van der Waals surface area contributed by atoms with E-state index in [2.05, 4.69) is 10.6 Å². The van der Waals surface area contributed by atoms with Crippen molar-refractivity contribution in [2.45, 2.75) is 128 Å². The monoisotopic (exact) mass is 714 g/mol. The minimum absolute atomic E-state index is 0. The maximum absolute atomic E-state index is 13.1. The second kappa shape index (κ2) is 24.0. The number of carbonyl (C=O) groups is 2. The first kappa shape index (κ1) is 45.7. The molecule has 10 N–H and O–H groups in total. The van der Waals surface area contributed by atoms with Crippen LogP contribution in [0.15, 0.2) is 60.7 Å². The molecule has 2 aromatic carbocycles. The van der Waals surface area contributed by atoms with Crippen LogP contribution >= 0.6 is 24.8 Å². The Balaban J connectivity index is 0.0000110. The predicted molar refractivity (Wildman–Crippen MR) is 196 cm³/mol. The summed E-state index contributed by atoms with van der Waals surface area (Å²) in [5, 5.41) is 49.8. The highest BCUT2D eigenvalue weighted by Gasteiger charge is 2.34. The topological polar surface area (TPSA) is 191 Å². The van der Waals surface area contributed by atoms with E-state index in [1.807, 2.05) is 88.4 Å². The molecule has 0 aromatic heterocycles. The Labute approximate surface area is 299 Å². The number of aliphatic hydroxyl groups excluding tert-OH is 4. The summed E-state index contributed by atoms with van der Waals surface area (Å²) in [7, 11) is 0. The van der Waals surface area contributed by atoms with Crippen LogP contribution in [0.25, 0.3) is 0 Å². The lowest BCUT2D eigenvalue weighted by Gasteiger charge is -2.33. The molecule has 0 saturated carbocycles. The molecule has 0 aliphatic carbocycles. The van der Waals surface area contributed by atoms with Crippen molar-refractivity contribution >= 4 is 36.6 Å². The largest absolute Gasteiger partial charge is 0.391 e. The van der Waals surface area contributed by atoms with E-state index in [1.165, 1.54) is 0 Å². The fraction of sp³-hybridized carbons (Fsp3) is 0.611. The van der Waals surface area contributed by atoms with Gasteiger partial charge in [0.05, 0.1) is 24.3 Å². The van der Waals surface area contributed by atoms with Crippen LogP contribution in [0.1, 0.15) is 77.3 Å². The summed E-state index contributed by atoms with van der Waals surface area (Å²) in [4.78, 5) is 26.1. The molecule has 0 fully saturated rings. The zero-order chi connectivity index (χ0) is 34.2. The number of carbonyl (C=O) groups excluding carboxylic acids is 2. The van der Waals surface area contributed by atoms with Gasteiger partial charge < -0.3 is 42.5 Å². The van der Waals surface area contributed by atoms with E-state index in [-0.39, 0.29) is 63.3 Å². The second-order valence-corrected chi connectivity index (χ2v) is 13.5. The number of nitrogens with one attached hydrogen (secondary N) is 2. The first-order valence-electron chi connectivity index (χ1n) is 16.7. The molecule has 48 heavy (non-hydrogen) atoms. The molecular formula is C36H60Cl2N4O6. The molecule has 2 aromatic rings. The molecule has 0 heterocycles. The van der Waals surface area contributed by atoms with Gasteiger partial charge >= 0.3 is 0 Å². The molecule has 0 spiro atoms. The van der Waals surface area contributed by atoms with Gasteiger partial charge in [-0.25, -0.2) is 0 Å². The third-order valence-electron chi connectivity index (χ3n) is 8.27. The predicted octanol–water partition coefficient (Wildman–Crippen LogP) is 3.04. The van der Waals surface area contributed by atoms with Crippen molar-refractivity contribution in [2.24, 2.45) is 23.3 Å². The average molecular weight is 716 g/mol. The number of amides is 2. The van der Waals surface area contributed by atoms with E-state index in [4.69, 9.17) is 11.5 Å². The van der Waals surface area contributed by atoms with Crippen LogP contribution in [0.3, 0.4) is 0 Å². The van der Waals surface area contributed by atoms with Gasteiger partial charge in [0.25, 0.3) is 0 Å². The van der Waals surface area contributed by atoms with Gasteiger partial charge in [-0.2, -0.15) is 0 Å². The number of benzene rings is 2. The number of halogens is 2. The lowest BCUT2D eigenvalue weighted by Crippen LogP contribution is -2.57. The van der Waals surface area contributed by atoms with Gasteiger partial charge in [-0.05, 0) is 61.5 Å². The maximum atomic E-state index is 13.1. The standard InChI is InChI=1S/C36H58N4O6.2ClH/c1-23(2)19-27(37)31(41)15-17-33(43)39-29(21-25-11-7-5-8-12-25)35(45)36(46)30(22-26-13-9-6-10-14-26)40-34(44)18-16-32(42)28(38)20-24(3)4;;/h5-14,23-24,27-32,35-36,41-42,45-46H,15-22,37-38H2,1-4H3,(H,39,43)(H,40,44);2*1H/t27-,28-,29-,30-,31-,32-,35-,36-;;/m0../s1. The Morgan fingerprint density at radius 3 is 1.21 bits per heavy atom. The summed E-state index contributed by atoms with van der Waals surface area (Å²) < 4.78 is 0. The highest BCUT2D eigenvalue weighted by molar-refractivity contribution is 5.85. The van der Waals surface area contributed by atoms with Crippen LogP contribution in [0.5, 0.6) is 0 Å². The van der Waals surface area contributed by atoms with Crippen LogP contribution < -0.4 is 22.1 Å². The minimum Gasteiger partial charge on any atom is -0.391 e. The van der Waals surface area contributed by atoms with Gasteiger partial charge in [-0.15, -0.1) is 24.8 Å². The van der Waals surface area contributed by atoms with Crippen molar-refractivity contribution in [3.8, 4) is 0 Å². The Bertz CT molecular complexity index is 1060. The molecule has 0 unspecified atom stereocenters. The first-order chi connectivity index (χ1) is 21.8. The van der Waals surface area contributed by atoms with Crippen LogP contribution in [0.2, 0.25) is 0 Å². The lowest BCUT2D eigenvalue weighted by molar-refractivity contribution is -0.127. The van der Waals surface area contributed by atoms with E-state index in [0.29, 0.717) is 24.7 Å². The molecule has 0 saturated heterocycles. The Morgan fingerprint density at radius 2 is 0.917 bits per heavy atom. The first-order valence-corrected chi connectivity index (χ1v) is 16.7. The molecule has 12 heteroatoms. The van der Waals surface area contributed by atoms with Gasteiger partial charge in [-0.3, -0.25) is 9.59 Å². The Hall–Kier alpha value is -2.28. The highest BCUT2D eigenvalue weighted by atomic mass is 35.5. The fourth-order valence-electron chi connectivity index (χ4n) is 5.67. The van der Waals surface area contributed by atoms with Crippen molar-refractivity contribution in [2.75, 3.05) is 0 Å². The summed E-state index contributed by atoms with van der Waals surface area (Å²) >= 11 is 0. The van der Waals surface area contributed by atoms with Crippen LogP contribution in [0, 0.1) is 11.8 Å². The van der Waals surface area contributed by atoms with Gasteiger partial charge in [-0.1, -0.05) is 88.4 Å². The normalized spacial score (nSPS) is 16.3. The van der Waals surface area contributed by atoms with E-state index < -0.39 is 60.4 Å². The third-order valence-corrected chi connectivity index (χ3v) is 8.27. The van der Waals surface area contributed by atoms with Gasteiger partial charge in [0, 0.05) is 24.9 Å². The highest BCUT2D eigenvalue weighted by Crippen LogP contribution is 2.17. The van der Waals surface area contributed by atoms with Crippen LogP contribution in [0.4, 0.5) is 0 Å². The molecular weight excluding hydrogens is 655 g/mol. The summed E-state index contributed by atoms with van der Waals surface area (Å²) in [6.07, 6.45) is -2.57. The summed E-state index contributed by atoms with van der Waals surface area (Å²) in [5.41, 5.74) is 13.9. The van der Waals surface area contributed by atoms with E-state index in [0.717, 1.165) is 11.1 Å². The Morgan fingerprint density at radius 1 is 0.604 bits per heavy atom. The molecule has 0 aliphatic heterocycles. The van der Waals surface area contributed by atoms with E-state index in [1.54, 1.807) is 0 Å². The number of hydrogen-bond acceptors (Lipinski definition) is 8. The van der Waals surface area contributed by atoms with E-state index in [9.17, 15) is 30.0 Å². The molecule has 8 atom stereocenters. The van der Waals surface area contributed by atoms with E-state index >= 15 is 0 Å². The molecule has 2 rings (SSSR count). The maximum Gasteiger partial charge on any atom is 0.220 e. The molecule has 2 amide bonds. The SMILES string of the molecule is CC(C)C[C@H](N)[C@@H](O)CCC(=O)N[C@@H](Cc1ccccc1)[C@H](O)[C@@H](O)[C@H](Cc1ccccc1)NC(=O)CC[C@H](O)[C@@H](N)CC(C)C.Cl.Cl. The van der Waals surface area contributed by atoms with Gasteiger partial charge in [0.2, 0.25) is 11.8 Å². The molecule has 10 nitrogen and oxygen atoms in total. The second-order valence-electron chi connectivity index (χ2n) is 13.5. The Kier molecular flexibility index (Phi) is 22.8. The van der Waals surface area contributed by atoms with Crippen molar-refractivity contribution in [3.63, 3.8) is 0 Å². The molecule has 0 radical (unpaired) electrons. The fourth-order valence-corrected chi connectivity index (χ4v) is 5.67. The average Bonchev–Trinajstić information content (AvgIpc) is 3.01. The number of hydrogen-bond donors (Lipinski definition) is 8. The van der Waals surface area contributed by atoms with Gasteiger partial charge in [0.15, 0.2) is 0 Å². The van der Waals surface area contributed by atoms with Crippen molar-refractivity contribution in [3.05, 3.63) is 71.8 Å². The molecule has 0 aliphatic rings. The van der Waals surface area contributed by atoms with Crippen molar-refractivity contribution in [1.82, 2.24) is 10.6 Å². The molecule has 0 bridgehead atoms. The quantitative estimate of drug-likeness (QED) is 0.0968. The number of aliphatic hydroxyl groups is 4. The zero-order valence-electron chi connectivity index (χ0n) is 28.8. The van der Waals surface area contributed by atoms with Crippen LogP contribution in [-0.2, 0) is 22.4 Å². The lowest BCUT2D eigenvalue weighted by atomic mass is 9.90. The van der Waals surface area contributed by atoms with Gasteiger partial charge in [0.1, 0.15) is 12.2 Å². The molecule has 274 valence electrons. The number of rotatable bonds is 21. The van der Waals surface area contributed by atoms with Crippen molar-refractivity contribution < 1.29 is 30.0 Å². The smallest absolute Gasteiger partial charge is 0.220 e. The number of nitrogens with two attached hydrogens (primary N) is 2.